The number of thiocarbonyl (C=S) groups is 1. The van der Waals surface area contributed by atoms with Crippen LogP contribution in [0.3, 0.4) is 0 Å². The largest absolute Gasteiger partial charge is 0.363 e. The number of hydrogen-bond donors (Lipinski definition) is 1. The van der Waals surface area contributed by atoms with Gasteiger partial charge in [0.15, 0.2) is 5.11 Å². The van der Waals surface area contributed by atoms with Crippen molar-refractivity contribution in [3.63, 3.8) is 0 Å². The zero-order chi connectivity index (χ0) is 15.5. The van der Waals surface area contributed by atoms with Gasteiger partial charge < -0.3 is 10.2 Å². The molecule has 0 atom stereocenters. The first-order chi connectivity index (χ1) is 9.95. The van der Waals surface area contributed by atoms with Gasteiger partial charge in [0.1, 0.15) is 4.21 Å². The number of sulfonamides is 1. The summed E-state index contributed by atoms with van der Waals surface area (Å²) in [5, 5.41) is 3.89. The molecule has 0 saturated carbocycles. The van der Waals surface area contributed by atoms with Crippen LogP contribution in [-0.2, 0) is 10.0 Å². The molecule has 118 valence electrons. The summed E-state index contributed by atoms with van der Waals surface area (Å²) >= 11 is 9.86. The fourth-order valence-electron chi connectivity index (χ4n) is 2.04. The van der Waals surface area contributed by atoms with Gasteiger partial charge in [0.2, 0.25) is 0 Å². The van der Waals surface area contributed by atoms with E-state index in [4.69, 9.17) is 12.2 Å². The summed E-state index contributed by atoms with van der Waals surface area (Å²) in [5.74, 6) is 0. The predicted octanol–water partition coefficient (Wildman–Crippen LogP) is 2.10. The molecule has 1 aliphatic heterocycles. The normalized spacial score (nSPS) is 17.0. The third-order valence-corrected chi connectivity index (χ3v) is 7.59. The minimum absolute atomic E-state index is 0.384. The molecule has 1 aromatic heterocycles. The van der Waals surface area contributed by atoms with E-state index in [1.165, 1.54) is 15.6 Å². The molecule has 0 spiro atoms. The van der Waals surface area contributed by atoms with Gasteiger partial charge in [0.05, 0.1) is 3.79 Å². The van der Waals surface area contributed by atoms with Crippen LogP contribution in [-0.4, -0.2) is 55.5 Å². The molecule has 1 fully saturated rings. The van der Waals surface area contributed by atoms with Crippen molar-refractivity contribution in [2.24, 2.45) is 0 Å². The average Bonchev–Trinajstić information content (AvgIpc) is 2.92. The van der Waals surface area contributed by atoms with E-state index >= 15 is 0 Å². The Morgan fingerprint density at radius 2 is 2.05 bits per heavy atom. The van der Waals surface area contributed by atoms with Gasteiger partial charge in [-0.3, -0.25) is 0 Å². The van der Waals surface area contributed by atoms with Crippen molar-refractivity contribution in [3.05, 3.63) is 15.9 Å². The Hall–Kier alpha value is -0.220. The molecular weight excluding hydrogens is 394 g/mol. The van der Waals surface area contributed by atoms with Crippen molar-refractivity contribution in [2.75, 3.05) is 32.7 Å². The van der Waals surface area contributed by atoms with Crippen LogP contribution in [0.2, 0.25) is 0 Å². The highest BCUT2D eigenvalue weighted by atomic mass is 79.9. The first kappa shape index (κ1) is 17.1. The van der Waals surface area contributed by atoms with Gasteiger partial charge in [-0.05, 0) is 46.7 Å². The van der Waals surface area contributed by atoms with E-state index in [0.717, 1.165) is 16.8 Å². The smallest absolute Gasteiger partial charge is 0.252 e. The number of hydrogen-bond acceptors (Lipinski definition) is 4. The summed E-state index contributed by atoms with van der Waals surface area (Å²) in [6.45, 7) is 5.11. The summed E-state index contributed by atoms with van der Waals surface area (Å²) < 4.78 is 27.7. The van der Waals surface area contributed by atoms with Crippen LogP contribution in [0, 0.1) is 0 Å². The summed E-state index contributed by atoms with van der Waals surface area (Å²) in [6.07, 6.45) is 1.02. The molecule has 5 nitrogen and oxygen atoms in total. The number of halogens is 1. The summed E-state index contributed by atoms with van der Waals surface area (Å²) in [7, 11) is -3.38. The Morgan fingerprint density at radius 3 is 2.57 bits per heavy atom. The number of piperazine rings is 1. The Labute approximate surface area is 143 Å². The molecule has 0 radical (unpaired) electrons. The second-order valence-electron chi connectivity index (χ2n) is 4.68. The van der Waals surface area contributed by atoms with Crippen molar-refractivity contribution >= 4 is 54.6 Å². The minimum atomic E-state index is -3.38. The first-order valence-electron chi connectivity index (χ1n) is 6.73. The lowest BCUT2D eigenvalue weighted by molar-refractivity contribution is 0.264. The zero-order valence-electron chi connectivity index (χ0n) is 11.7. The molecule has 0 aromatic carbocycles. The zero-order valence-corrected chi connectivity index (χ0v) is 15.7. The monoisotopic (exact) mass is 411 g/mol. The second-order valence-corrected chi connectivity index (χ2v) is 9.70. The van der Waals surface area contributed by atoms with Gasteiger partial charge in [-0.2, -0.15) is 4.31 Å². The van der Waals surface area contributed by atoms with E-state index in [-0.39, 0.29) is 0 Å². The molecule has 1 aromatic rings. The standard InChI is InChI=1S/C12H18BrN3O2S3/c1-2-5-14-12(19)15-6-8-16(9-7-15)21(17,18)11-4-3-10(13)20-11/h3-4H,2,5-9H2,1H3,(H,14,19). The number of nitrogens with one attached hydrogen (secondary N) is 1. The molecular formula is C12H18BrN3O2S3. The Morgan fingerprint density at radius 1 is 1.38 bits per heavy atom. The third-order valence-electron chi connectivity index (χ3n) is 3.19. The van der Waals surface area contributed by atoms with Crippen LogP contribution in [0.25, 0.3) is 0 Å². The van der Waals surface area contributed by atoms with E-state index in [2.05, 4.69) is 28.2 Å². The first-order valence-corrected chi connectivity index (χ1v) is 10.2. The van der Waals surface area contributed by atoms with E-state index in [9.17, 15) is 8.42 Å². The lowest BCUT2D eigenvalue weighted by Crippen LogP contribution is -2.52. The van der Waals surface area contributed by atoms with Gasteiger partial charge in [-0.1, -0.05) is 6.92 Å². The molecule has 0 bridgehead atoms. The molecule has 0 unspecified atom stereocenters. The van der Waals surface area contributed by atoms with E-state index in [1.807, 2.05) is 4.90 Å². The lowest BCUT2D eigenvalue weighted by atomic mass is 10.4. The van der Waals surface area contributed by atoms with Crippen LogP contribution in [0.4, 0.5) is 0 Å². The molecule has 2 rings (SSSR count). The number of nitrogens with zero attached hydrogens (tertiary/aromatic N) is 2. The maximum atomic E-state index is 12.5. The highest BCUT2D eigenvalue weighted by molar-refractivity contribution is 9.11. The quantitative estimate of drug-likeness (QED) is 0.768. The molecule has 1 saturated heterocycles. The Kier molecular flexibility index (Phi) is 6.01. The van der Waals surface area contributed by atoms with Crippen molar-refractivity contribution in [1.82, 2.24) is 14.5 Å². The highest BCUT2D eigenvalue weighted by Gasteiger charge is 2.30. The molecule has 9 heteroatoms. The van der Waals surface area contributed by atoms with Gasteiger partial charge in [0, 0.05) is 32.7 Å². The van der Waals surface area contributed by atoms with E-state index in [0.29, 0.717) is 35.5 Å². The SMILES string of the molecule is CCCNC(=S)N1CCN(S(=O)(=O)c2ccc(Br)s2)CC1. The summed E-state index contributed by atoms with van der Waals surface area (Å²) in [6, 6.07) is 3.40. The van der Waals surface area contributed by atoms with Crippen molar-refractivity contribution in [2.45, 2.75) is 17.6 Å². The molecule has 1 aliphatic rings. The Bertz CT molecular complexity index is 595. The van der Waals surface area contributed by atoms with Crippen LogP contribution in [0.5, 0.6) is 0 Å². The molecule has 0 amide bonds. The molecule has 1 N–H and O–H groups in total. The fraction of sp³-hybridized carbons (Fsp3) is 0.583. The van der Waals surface area contributed by atoms with Gasteiger partial charge in [-0.15, -0.1) is 11.3 Å². The van der Waals surface area contributed by atoms with Crippen LogP contribution < -0.4 is 5.32 Å². The number of thiophene rings is 1. The maximum Gasteiger partial charge on any atom is 0.252 e. The topological polar surface area (TPSA) is 52.6 Å². The number of rotatable bonds is 4. The summed E-state index contributed by atoms with van der Waals surface area (Å²) in [5.41, 5.74) is 0. The third kappa shape index (κ3) is 4.16. The maximum absolute atomic E-state index is 12.5. The fourth-order valence-corrected chi connectivity index (χ4v) is 5.91. The Balaban J connectivity index is 1.96. The van der Waals surface area contributed by atoms with Crippen LogP contribution >= 0.6 is 39.5 Å². The predicted molar refractivity (Wildman–Crippen MR) is 93.2 cm³/mol. The minimum Gasteiger partial charge on any atom is -0.363 e. The second kappa shape index (κ2) is 7.36. The van der Waals surface area contributed by atoms with Crippen molar-refractivity contribution in [1.29, 1.82) is 0 Å². The lowest BCUT2D eigenvalue weighted by Gasteiger charge is -2.35. The van der Waals surface area contributed by atoms with E-state index in [1.54, 1.807) is 12.1 Å². The van der Waals surface area contributed by atoms with Crippen molar-refractivity contribution in [3.8, 4) is 0 Å². The van der Waals surface area contributed by atoms with Crippen LogP contribution in [0.1, 0.15) is 13.3 Å². The molecule has 2 heterocycles. The van der Waals surface area contributed by atoms with Gasteiger partial charge in [-0.25, -0.2) is 8.42 Å². The highest BCUT2D eigenvalue weighted by Crippen LogP contribution is 2.28. The van der Waals surface area contributed by atoms with Crippen molar-refractivity contribution < 1.29 is 8.42 Å². The van der Waals surface area contributed by atoms with E-state index < -0.39 is 10.0 Å². The van der Waals surface area contributed by atoms with Gasteiger partial charge in [0.25, 0.3) is 10.0 Å². The molecule has 21 heavy (non-hydrogen) atoms. The van der Waals surface area contributed by atoms with Crippen LogP contribution in [0.15, 0.2) is 20.1 Å². The molecule has 0 aliphatic carbocycles. The van der Waals surface area contributed by atoms with Gasteiger partial charge >= 0.3 is 0 Å². The average molecular weight is 412 g/mol. The summed E-state index contributed by atoms with van der Waals surface area (Å²) in [4.78, 5) is 2.03.